The molecule has 0 saturated carbocycles. The predicted octanol–water partition coefficient (Wildman–Crippen LogP) is 4.68. The summed E-state index contributed by atoms with van der Waals surface area (Å²) in [6.45, 7) is 0. The maximum absolute atomic E-state index is 12.4. The fourth-order valence-corrected chi connectivity index (χ4v) is 4.00. The second-order valence-electron chi connectivity index (χ2n) is 5.21. The fourth-order valence-electron chi connectivity index (χ4n) is 2.33. The molecule has 0 fully saturated rings. The number of methoxy groups -OCH3 is 1. The van der Waals surface area contributed by atoms with Crippen molar-refractivity contribution < 1.29 is 9.53 Å². The number of aromatic nitrogens is 2. The van der Waals surface area contributed by atoms with Gasteiger partial charge in [-0.05, 0) is 36.4 Å². The number of thiazole rings is 2. The van der Waals surface area contributed by atoms with Gasteiger partial charge in [-0.3, -0.25) is 10.1 Å². The Bertz CT molecular complexity index is 1000. The summed E-state index contributed by atoms with van der Waals surface area (Å²) in [5, 5.41) is 5.94. The van der Waals surface area contributed by atoms with E-state index in [1.165, 1.54) is 22.7 Å². The first-order valence-electron chi connectivity index (χ1n) is 7.50. The number of carbonyl (C=O) groups excluding carboxylic acids is 1. The van der Waals surface area contributed by atoms with Gasteiger partial charge in [0.25, 0.3) is 5.91 Å². The lowest BCUT2D eigenvalue weighted by molar-refractivity contribution is 0.102. The summed E-state index contributed by atoms with van der Waals surface area (Å²) >= 11 is 2.88. The molecule has 4 aromatic rings. The van der Waals surface area contributed by atoms with E-state index >= 15 is 0 Å². The molecule has 0 aliphatic rings. The number of hydrogen-bond acceptors (Lipinski definition) is 6. The average molecular weight is 367 g/mol. The SMILES string of the molecule is COc1ccc(-c2nc(C(=O)Nc3nc4ccccc4s3)cs2)cc1. The van der Waals surface area contributed by atoms with Crippen LogP contribution in [-0.2, 0) is 0 Å². The molecular weight excluding hydrogens is 354 g/mol. The van der Waals surface area contributed by atoms with Crippen LogP contribution in [0.1, 0.15) is 10.5 Å². The van der Waals surface area contributed by atoms with Crippen molar-refractivity contribution in [3.05, 3.63) is 59.6 Å². The number of nitrogens with zero attached hydrogens (tertiary/aromatic N) is 2. The van der Waals surface area contributed by atoms with E-state index in [1.54, 1.807) is 12.5 Å². The highest BCUT2D eigenvalue weighted by molar-refractivity contribution is 7.22. The Morgan fingerprint density at radius 1 is 1.08 bits per heavy atom. The van der Waals surface area contributed by atoms with Crippen molar-refractivity contribution in [2.24, 2.45) is 0 Å². The van der Waals surface area contributed by atoms with Crippen LogP contribution in [0, 0.1) is 0 Å². The van der Waals surface area contributed by atoms with Gasteiger partial charge >= 0.3 is 0 Å². The van der Waals surface area contributed by atoms with Crippen molar-refractivity contribution in [2.75, 3.05) is 12.4 Å². The number of benzene rings is 2. The van der Waals surface area contributed by atoms with Gasteiger partial charge in [-0.2, -0.15) is 0 Å². The van der Waals surface area contributed by atoms with Gasteiger partial charge in [-0.25, -0.2) is 9.97 Å². The highest BCUT2D eigenvalue weighted by Crippen LogP contribution is 2.28. The topological polar surface area (TPSA) is 64.1 Å². The monoisotopic (exact) mass is 367 g/mol. The third-order valence-electron chi connectivity index (χ3n) is 3.59. The minimum Gasteiger partial charge on any atom is -0.497 e. The van der Waals surface area contributed by atoms with Crippen LogP contribution in [0.3, 0.4) is 0 Å². The maximum atomic E-state index is 12.4. The van der Waals surface area contributed by atoms with Gasteiger partial charge in [-0.1, -0.05) is 23.5 Å². The Hall–Kier alpha value is -2.77. The predicted molar refractivity (Wildman–Crippen MR) is 102 cm³/mol. The molecule has 0 radical (unpaired) electrons. The van der Waals surface area contributed by atoms with Crippen LogP contribution < -0.4 is 10.1 Å². The number of nitrogens with one attached hydrogen (secondary N) is 1. The number of ether oxygens (including phenoxy) is 1. The second-order valence-corrected chi connectivity index (χ2v) is 7.10. The Labute approximate surface area is 152 Å². The van der Waals surface area contributed by atoms with Crippen molar-refractivity contribution in [1.29, 1.82) is 0 Å². The van der Waals surface area contributed by atoms with Gasteiger partial charge in [0.15, 0.2) is 5.13 Å². The Morgan fingerprint density at radius 2 is 1.88 bits per heavy atom. The maximum Gasteiger partial charge on any atom is 0.276 e. The number of fused-ring (bicyclic) bond motifs is 1. The number of amides is 1. The van der Waals surface area contributed by atoms with E-state index in [2.05, 4.69) is 15.3 Å². The van der Waals surface area contributed by atoms with Gasteiger partial charge in [-0.15, -0.1) is 11.3 Å². The summed E-state index contributed by atoms with van der Waals surface area (Å²) in [6.07, 6.45) is 0. The summed E-state index contributed by atoms with van der Waals surface area (Å²) in [4.78, 5) is 21.3. The molecule has 4 rings (SSSR count). The van der Waals surface area contributed by atoms with Crippen molar-refractivity contribution >= 4 is 43.9 Å². The van der Waals surface area contributed by atoms with Crippen LogP contribution in [0.5, 0.6) is 5.75 Å². The molecule has 124 valence electrons. The summed E-state index contributed by atoms with van der Waals surface area (Å²) in [5.74, 6) is 0.532. The first kappa shape index (κ1) is 15.7. The smallest absolute Gasteiger partial charge is 0.276 e. The third kappa shape index (κ3) is 3.24. The molecule has 5 nitrogen and oxygen atoms in total. The van der Waals surface area contributed by atoms with E-state index in [0.29, 0.717) is 10.8 Å². The van der Waals surface area contributed by atoms with Crippen LogP contribution in [0.25, 0.3) is 20.8 Å². The quantitative estimate of drug-likeness (QED) is 0.569. The summed E-state index contributed by atoms with van der Waals surface area (Å²) in [6, 6.07) is 15.4. The van der Waals surface area contributed by atoms with Crippen LogP contribution >= 0.6 is 22.7 Å². The van der Waals surface area contributed by atoms with E-state index < -0.39 is 0 Å². The molecule has 0 atom stereocenters. The van der Waals surface area contributed by atoms with Crippen molar-refractivity contribution in [2.45, 2.75) is 0 Å². The molecule has 0 unspecified atom stereocenters. The summed E-state index contributed by atoms with van der Waals surface area (Å²) < 4.78 is 6.19. The molecule has 0 spiro atoms. The number of carbonyl (C=O) groups is 1. The molecule has 2 aromatic carbocycles. The number of hydrogen-bond donors (Lipinski definition) is 1. The van der Waals surface area contributed by atoms with Crippen molar-refractivity contribution in [3.8, 4) is 16.3 Å². The summed E-state index contributed by atoms with van der Waals surface area (Å²) in [5.41, 5.74) is 2.21. The zero-order chi connectivity index (χ0) is 17.2. The van der Waals surface area contributed by atoms with Gasteiger partial charge in [0, 0.05) is 10.9 Å². The number of anilines is 1. The van der Waals surface area contributed by atoms with E-state index in [9.17, 15) is 4.79 Å². The Balaban J connectivity index is 1.53. The minimum atomic E-state index is -0.255. The molecule has 1 N–H and O–H groups in total. The normalized spacial score (nSPS) is 10.8. The number of para-hydroxylation sites is 1. The van der Waals surface area contributed by atoms with Gasteiger partial charge in [0.05, 0.1) is 17.3 Å². The van der Waals surface area contributed by atoms with E-state index in [-0.39, 0.29) is 5.91 Å². The van der Waals surface area contributed by atoms with Crippen molar-refractivity contribution in [1.82, 2.24) is 9.97 Å². The molecule has 7 heteroatoms. The van der Waals surface area contributed by atoms with Crippen molar-refractivity contribution in [3.63, 3.8) is 0 Å². The van der Waals surface area contributed by atoms with Gasteiger partial charge in [0.1, 0.15) is 16.5 Å². The molecule has 2 heterocycles. The molecule has 0 bridgehead atoms. The van der Waals surface area contributed by atoms with E-state index in [1.807, 2.05) is 48.5 Å². The van der Waals surface area contributed by atoms with Crippen LogP contribution in [0.4, 0.5) is 5.13 Å². The first-order valence-corrected chi connectivity index (χ1v) is 9.19. The zero-order valence-electron chi connectivity index (χ0n) is 13.2. The zero-order valence-corrected chi connectivity index (χ0v) is 14.9. The van der Waals surface area contributed by atoms with Crippen LogP contribution in [0.15, 0.2) is 53.9 Å². The lowest BCUT2D eigenvalue weighted by atomic mass is 10.2. The second kappa shape index (κ2) is 6.62. The largest absolute Gasteiger partial charge is 0.497 e. The third-order valence-corrected chi connectivity index (χ3v) is 5.43. The Morgan fingerprint density at radius 3 is 2.64 bits per heavy atom. The number of rotatable bonds is 4. The lowest BCUT2D eigenvalue weighted by Crippen LogP contribution is -2.11. The lowest BCUT2D eigenvalue weighted by Gasteiger charge is -2.00. The van der Waals surface area contributed by atoms with Crippen LogP contribution in [-0.4, -0.2) is 23.0 Å². The van der Waals surface area contributed by atoms with Gasteiger partial charge < -0.3 is 4.74 Å². The fraction of sp³-hybridized carbons (Fsp3) is 0.0556. The molecule has 0 aliphatic heterocycles. The molecule has 0 saturated heterocycles. The van der Waals surface area contributed by atoms with E-state index in [4.69, 9.17) is 4.74 Å². The molecule has 25 heavy (non-hydrogen) atoms. The molecule has 1 amide bonds. The molecular formula is C18H13N3O2S2. The highest BCUT2D eigenvalue weighted by atomic mass is 32.1. The standard InChI is InChI=1S/C18H13N3O2S2/c1-23-12-8-6-11(7-9-12)17-19-14(10-24-17)16(22)21-18-20-13-4-2-3-5-15(13)25-18/h2-10H,1H3,(H,20,21,22). The molecule has 2 aromatic heterocycles. The highest BCUT2D eigenvalue weighted by Gasteiger charge is 2.14. The van der Waals surface area contributed by atoms with Crippen LogP contribution in [0.2, 0.25) is 0 Å². The first-order chi connectivity index (χ1) is 12.2. The summed E-state index contributed by atoms with van der Waals surface area (Å²) in [7, 11) is 1.63. The average Bonchev–Trinajstić information content (AvgIpc) is 3.28. The minimum absolute atomic E-state index is 0.255. The van der Waals surface area contributed by atoms with Gasteiger partial charge in [0.2, 0.25) is 0 Å². The Kier molecular flexibility index (Phi) is 4.17. The molecule has 0 aliphatic carbocycles. The van der Waals surface area contributed by atoms with E-state index in [0.717, 1.165) is 26.5 Å².